The van der Waals surface area contributed by atoms with Gasteiger partial charge in [-0.1, -0.05) is 66.7 Å². The fourth-order valence-electron chi connectivity index (χ4n) is 4.96. The quantitative estimate of drug-likeness (QED) is 0.284. The van der Waals surface area contributed by atoms with Crippen LogP contribution in [0.5, 0.6) is 0 Å². The molecule has 1 aliphatic rings. The maximum Gasteiger partial charge on any atom is 0.335 e. The predicted molar refractivity (Wildman–Crippen MR) is 142 cm³/mol. The van der Waals surface area contributed by atoms with Crippen LogP contribution in [-0.4, -0.2) is 28.4 Å². The molecule has 4 aromatic rings. The lowest BCUT2D eigenvalue weighted by Crippen LogP contribution is -2.38. The van der Waals surface area contributed by atoms with Crippen LogP contribution in [0.1, 0.15) is 46.4 Å². The molecule has 192 valence electrons. The van der Waals surface area contributed by atoms with Gasteiger partial charge in [-0.15, -0.1) is 0 Å². The van der Waals surface area contributed by atoms with Crippen molar-refractivity contribution in [1.29, 1.82) is 0 Å². The fourth-order valence-corrected chi connectivity index (χ4v) is 4.96. The molecule has 1 amide bonds. The molecule has 2 N–H and O–H groups in total. The van der Waals surface area contributed by atoms with Crippen molar-refractivity contribution in [2.45, 2.75) is 24.9 Å². The molecule has 0 spiro atoms. The van der Waals surface area contributed by atoms with Gasteiger partial charge in [-0.3, -0.25) is 4.79 Å². The molecule has 5 nitrogen and oxygen atoms in total. The monoisotopic (exact) mass is 512 g/mol. The first kappa shape index (κ1) is 25.1. The number of nitrogens with zero attached hydrogens (tertiary/aromatic N) is 1. The standard InChI is InChI=1S/C31H26F2N2O3/c32-25-7-2-1-6-24(25)28-10-5-19-35(28)30(36)29(34-27-9-4-3-8-26(27)33)22-15-11-20(12-16-22)21-13-17-23(18-14-21)31(37)38/h1-4,6-9,11-18,28-29,34H,5,10,19H2,(H,37,38)/t28-,29?/m0/s1. The number of carboxylic acid groups (broad SMARTS) is 1. The molecule has 4 aromatic carbocycles. The fraction of sp³-hybridized carbons (Fsp3) is 0.161. The summed E-state index contributed by atoms with van der Waals surface area (Å²) < 4.78 is 29.2. The number of likely N-dealkylation sites (tertiary alicyclic amines) is 1. The van der Waals surface area contributed by atoms with Gasteiger partial charge in [0.25, 0.3) is 0 Å². The second-order valence-corrected chi connectivity index (χ2v) is 9.27. The summed E-state index contributed by atoms with van der Waals surface area (Å²) in [6.45, 7) is 0.474. The molecule has 1 saturated heterocycles. The van der Waals surface area contributed by atoms with Crippen LogP contribution in [-0.2, 0) is 4.79 Å². The number of carbonyl (C=O) groups excluding carboxylic acids is 1. The van der Waals surface area contributed by atoms with E-state index in [-0.39, 0.29) is 23.0 Å². The number of carbonyl (C=O) groups is 2. The minimum absolute atomic E-state index is 0.195. The minimum Gasteiger partial charge on any atom is -0.478 e. The van der Waals surface area contributed by atoms with Crippen molar-refractivity contribution in [3.63, 3.8) is 0 Å². The minimum atomic E-state index is -0.997. The van der Waals surface area contributed by atoms with E-state index in [0.29, 0.717) is 24.1 Å². The molecule has 1 fully saturated rings. The van der Waals surface area contributed by atoms with Gasteiger partial charge in [0.05, 0.1) is 17.3 Å². The second kappa shape index (κ2) is 10.8. The summed E-state index contributed by atoms with van der Waals surface area (Å²) in [6, 6.07) is 25.1. The van der Waals surface area contributed by atoms with Crippen molar-refractivity contribution < 1.29 is 23.5 Å². The molecule has 0 aromatic heterocycles. The third-order valence-electron chi connectivity index (χ3n) is 6.93. The number of aromatic carboxylic acids is 1. The lowest BCUT2D eigenvalue weighted by atomic mass is 9.98. The largest absolute Gasteiger partial charge is 0.478 e. The smallest absolute Gasteiger partial charge is 0.335 e. The van der Waals surface area contributed by atoms with E-state index < -0.39 is 23.9 Å². The highest BCUT2D eigenvalue weighted by Gasteiger charge is 2.36. The number of hydrogen-bond donors (Lipinski definition) is 2. The van der Waals surface area contributed by atoms with Crippen LogP contribution in [0.4, 0.5) is 14.5 Å². The van der Waals surface area contributed by atoms with Crippen molar-refractivity contribution in [3.8, 4) is 11.1 Å². The number of anilines is 1. The Kier molecular flexibility index (Phi) is 7.18. The predicted octanol–water partition coefficient (Wildman–Crippen LogP) is 6.85. The van der Waals surface area contributed by atoms with Gasteiger partial charge < -0.3 is 15.3 Å². The number of amides is 1. The summed E-state index contributed by atoms with van der Waals surface area (Å²) in [5.41, 5.74) is 3.16. The van der Waals surface area contributed by atoms with Gasteiger partial charge >= 0.3 is 5.97 Å². The van der Waals surface area contributed by atoms with Crippen LogP contribution in [0.2, 0.25) is 0 Å². The third kappa shape index (κ3) is 5.13. The number of hydrogen-bond acceptors (Lipinski definition) is 3. The number of para-hydroxylation sites is 1. The van der Waals surface area contributed by atoms with E-state index in [4.69, 9.17) is 5.11 Å². The van der Waals surface area contributed by atoms with E-state index in [2.05, 4.69) is 5.32 Å². The Morgan fingerprint density at radius 1 is 0.816 bits per heavy atom. The lowest BCUT2D eigenvalue weighted by Gasteiger charge is -2.30. The molecule has 7 heteroatoms. The van der Waals surface area contributed by atoms with Gasteiger partial charge in [0.15, 0.2) is 0 Å². The maximum absolute atomic E-state index is 14.6. The Balaban J connectivity index is 1.47. The Hall–Kier alpha value is -4.52. The van der Waals surface area contributed by atoms with Gasteiger partial charge in [-0.2, -0.15) is 0 Å². The average molecular weight is 513 g/mol. The molecule has 0 radical (unpaired) electrons. The van der Waals surface area contributed by atoms with Crippen LogP contribution in [0.25, 0.3) is 11.1 Å². The SMILES string of the molecule is O=C(O)c1ccc(-c2ccc(C(Nc3ccccc3F)C(=O)N3CCC[C@H]3c3ccccc3F)cc2)cc1. The molecule has 2 atom stereocenters. The summed E-state index contributed by atoms with van der Waals surface area (Å²) in [5.74, 6) is -2.10. The van der Waals surface area contributed by atoms with Crippen LogP contribution >= 0.6 is 0 Å². The van der Waals surface area contributed by atoms with E-state index in [9.17, 15) is 18.4 Å². The van der Waals surface area contributed by atoms with E-state index >= 15 is 0 Å². The van der Waals surface area contributed by atoms with Crippen molar-refractivity contribution in [2.24, 2.45) is 0 Å². The van der Waals surface area contributed by atoms with Gasteiger partial charge in [-0.25, -0.2) is 13.6 Å². The first-order chi connectivity index (χ1) is 18.4. The molecule has 0 bridgehead atoms. The van der Waals surface area contributed by atoms with Crippen LogP contribution < -0.4 is 5.32 Å². The van der Waals surface area contributed by atoms with Gasteiger partial charge in [-0.05, 0) is 59.9 Å². The molecule has 1 aliphatic heterocycles. The van der Waals surface area contributed by atoms with Gasteiger partial charge in [0.2, 0.25) is 5.91 Å². The number of rotatable bonds is 7. The summed E-state index contributed by atoms with van der Waals surface area (Å²) in [4.78, 5) is 26.8. The third-order valence-corrected chi connectivity index (χ3v) is 6.93. The highest BCUT2D eigenvalue weighted by atomic mass is 19.1. The van der Waals surface area contributed by atoms with Crippen LogP contribution in [0.15, 0.2) is 97.1 Å². The number of nitrogens with one attached hydrogen (secondary N) is 1. The van der Waals surface area contributed by atoms with E-state index in [0.717, 1.165) is 17.5 Å². The van der Waals surface area contributed by atoms with E-state index in [1.165, 1.54) is 24.3 Å². The van der Waals surface area contributed by atoms with Gasteiger partial charge in [0.1, 0.15) is 17.7 Å². The van der Waals surface area contributed by atoms with Crippen molar-refractivity contribution >= 4 is 17.6 Å². The van der Waals surface area contributed by atoms with Crippen LogP contribution in [0.3, 0.4) is 0 Å². The van der Waals surface area contributed by atoms with Crippen molar-refractivity contribution in [2.75, 3.05) is 11.9 Å². The zero-order valence-electron chi connectivity index (χ0n) is 20.5. The lowest BCUT2D eigenvalue weighted by molar-refractivity contribution is -0.133. The van der Waals surface area contributed by atoms with Crippen molar-refractivity contribution in [1.82, 2.24) is 4.90 Å². The summed E-state index contributed by atoms with van der Waals surface area (Å²) in [5, 5.41) is 12.2. The Morgan fingerprint density at radius 2 is 1.42 bits per heavy atom. The zero-order valence-corrected chi connectivity index (χ0v) is 20.5. The van der Waals surface area contributed by atoms with E-state index in [1.807, 2.05) is 12.1 Å². The molecule has 38 heavy (non-hydrogen) atoms. The summed E-state index contributed by atoms with van der Waals surface area (Å²) >= 11 is 0. The molecule has 0 aliphatic carbocycles. The average Bonchev–Trinajstić information content (AvgIpc) is 3.42. The molecule has 1 unspecified atom stereocenters. The van der Waals surface area contributed by atoms with Gasteiger partial charge in [0, 0.05) is 12.1 Å². The van der Waals surface area contributed by atoms with E-state index in [1.54, 1.807) is 65.6 Å². The molecular weight excluding hydrogens is 486 g/mol. The molecule has 0 saturated carbocycles. The first-order valence-electron chi connectivity index (χ1n) is 12.4. The highest BCUT2D eigenvalue weighted by molar-refractivity contribution is 5.89. The Labute approximate surface area is 219 Å². The summed E-state index contributed by atoms with van der Waals surface area (Å²) in [7, 11) is 0. The highest BCUT2D eigenvalue weighted by Crippen LogP contribution is 2.36. The number of halogens is 2. The topological polar surface area (TPSA) is 69.6 Å². The Bertz CT molecular complexity index is 1450. The Morgan fingerprint density at radius 3 is 2.05 bits per heavy atom. The van der Waals surface area contributed by atoms with Crippen molar-refractivity contribution in [3.05, 3.63) is 125 Å². The van der Waals surface area contributed by atoms with Crippen LogP contribution in [0, 0.1) is 11.6 Å². The molecule has 1 heterocycles. The number of carboxylic acids is 1. The first-order valence-corrected chi connectivity index (χ1v) is 12.4. The summed E-state index contributed by atoms with van der Waals surface area (Å²) in [6.07, 6.45) is 1.38. The number of benzene rings is 4. The zero-order chi connectivity index (χ0) is 26.6. The normalized spacial score (nSPS) is 15.7. The molecular formula is C31H26F2N2O3. The second-order valence-electron chi connectivity index (χ2n) is 9.27. The molecule has 5 rings (SSSR count). The maximum atomic E-state index is 14.6.